The topological polar surface area (TPSA) is 63.2 Å². The van der Waals surface area contributed by atoms with Crippen LogP contribution in [0.2, 0.25) is 0 Å². The van der Waals surface area contributed by atoms with E-state index in [9.17, 15) is 18.0 Å². The summed E-state index contributed by atoms with van der Waals surface area (Å²) in [5.74, 6) is -0.262. The molecule has 1 aromatic heterocycles. The number of amides is 1. The summed E-state index contributed by atoms with van der Waals surface area (Å²) >= 11 is 0. The fourth-order valence-electron chi connectivity index (χ4n) is 2.67. The zero-order valence-electron chi connectivity index (χ0n) is 13.8. The molecule has 0 radical (unpaired) electrons. The number of ether oxygens (including phenoxy) is 1. The molecular formula is C18H18F3N3O2. The van der Waals surface area contributed by atoms with Gasteiger partial charge in [0.1, 0.15) is 5.82 Å². The predicted molar refractivity (Wildman–Crippen MR) is 89.3 cm³/mol. The van der Waals surface area contributed by atoms with E-state index in [0.717, 1.165) is 17.7 Å². The van der Waals surface area contributed by atoms with Crippen LogP contribution in [0.4, 0.5) is 19.0 Å². The second-order valence-corrected chi connectivity index (χ2v) is 6.03. The van der Waals surface area contributed by atoms with Crippen LogP contribution in [0.5, 0.6) is 0 Å². The smallest absolute Gasteiger partial charge is 0.372 e. The second-order valence-electron chi connectivity index (χ2n) is 6.03. The van der Waals surface area contributed by atoms with Gasteiger partial charge >= 0.3 is 6.18 Å². The van der Waals surface area contributed by atoms with E-state index in [4.69, 9.17) is 4.74 Å². The molecule has 1 aliphatic rings. The van der Waals surface area contributed by atoms with Gasteiger partial charge in [-0.15, -0.1) is 0 Å². The summed E-state index contributed by atoms with van der Waals surface area (Å²) in [5.41, 5.74) is 0.193. The highest BCUT2D eigenvalue weighted by Gasteiger charge is 2.32. The van der Waals surface area contributed by atoms with E-state index in [0.29, 0.717) is 25.8 Å². The Morgan fingerprint density at radius 3 is 2.65 bits per heavy atom. The summed E-state index contributed by atoms with van der Waals surface area (Å²) in [6.45, 7) is 0.993. The number of rotatable bonds is 5. The van der Waals surface area contributed by atoms with Crippen molar-refractivity contribution in [3.05, 3.63) is 59.8 Å². The highest BCUT2D eigenvalue weighted by atomic mass is 19.4. The monoisotopic (exact) mass is 365 g/mol. The Morgan fingerprint density at radius 2 is 2.00 bits per heavy atom. The molecule has 1 aromatic carbocycles. The SMILES string of the molecule is O=C(Nc1ccc(C(F)(F)F)cn1)[C@@H]1C[C@@H](OCc2ccccc2)CN1. The summed E-state index contributed by atoms with van der Waals surface area (Å²) < 4.78 is 43.3. The van der Waals surface area contributed by atoms with Gasteiger partial charge in [-0.1, -0.05) is 30.3 Å². The molecule has 3 rings (SSSR count). The normalized spacial score (nSPS) is 20.1. The summed E-state index contributed by atoms with van der Waals surface area (Å²) in [5, 5.41) is 5.58. The molecule has 2 atom stereocenters. The fourth-order valence-corrected chi connectivity index (χ4v) is 2.67. The lowest BCUT2D eigenvalue weighted by atomic mass is 10.2. The number of alkyl halides is 3. The average Bonchev–Trinajstić information content (AvgIpc) is 3.10. The quantitative estimate of drug-likeness (QED) is 0.855. The zero-order chi connectivity index (χ0) is 18.6. The molecule has 1 aliphatic heterocycles. The first-order valence-corrected chi connectivity index (χ1v) is 8.15. The Labute approximate surface area is 148 Å². The van der Waals surface area contributed by atoms with Crippen LogP contribution >= 0.6 is 0 Å². The highest BCUT2D eigenvalue weighted by molar-refractivity contribution is 5.94. The molecule has 0 saturated carbocycles. The Hall–Kier alpha value is -2.45. The van der Waals surface area contributed by atoms with Crippen LogP contribution in [0.1, 0.15) is 17.5 Å². The van der Waals surface area contributed by atoms with E-state index in [-0.39, 0.29) is 17.8 Å². The van der Waals surface area contributed by atoms with Gasteiger partial charge < -0.3 is 15.4 Å². The third-order valence-electron chi connectivity index (χ3n) is 4.08. The molecular weight excluding hydrogens is 347 g/mol. The Bertz CT molecular complexity index is 736. The lowest BCUT2D eigenvalue weighted by molar-refractivity contribution is -0.137. The van der Waals surface area contributed by atoms with Gasteiger partial charge in [-0.25, -0.2) is 4.98 Å². The van der Waals surface area contributed by atoms with Gasteiger partial charge in [0, 0.05) is 12.7 Å². The van der Waals surface area contributed by atoms with Crippen molar-refractivity contribution in [1.82, 2.24) is 10.3 Å². The summed E-state index contributed by atoms with van der Waals surface area (Å²) in [6.07, 6.45) is -3.37. The van der Waals surface area contributed by atoms with E-state index in [2.05, 4.69) is 15.6 Å². The van der Waals surface area contributed by atoms with Crippen LogP contribution in [0, 0.1) is 0 Å². The highest BCUT2D eigenvalue weighted by Crippen LogP contribution is 2.28. The van der Waals surface area contributed by atoms with Crippen molar-refractivity contribution in [2.45, 2.75) is 31.3 Å². The molecule has 2 heterocycles. The lowest BCUT2D eigenvalue weighted by Gasteiger charge is -2.12. The van der Waals surface area contributed by atoms with E-state index >= 15 is 0 Å². The number of nitrogens with one attached hydrogen (secondary N) is 2. The average molecular weight is 365 g/mol. The number of pyridine rings is 1. The van der Waals surface area contributed by atoms with E-state index < -0.39 is 17.8 Å². The van der Waals surface area contributed by atoms with Gasteiger partial charge in [0.15, 0.2) is 0 Å². The van der Waals surface area contributed by atoms with Crippen LogP contribution in [0.25, 0.3) is 0 Å². The van der Waals surface area contributed by atoms with Crippen molar-refractivity contribution < 1.29 is 22.7 Å². The Kier molecular flexibility index (Phi) is 5.53. The van der Waals surface area contributed by atoms with Crippen LogP contribution in [0.15, 0.2) is 48.7 Å². The third-order valence-corrected chi connectivity index (χ3v) is 4.08. The van der Waals surface area contributed by atoms with Crippen molar-refractivity contribution in [2.75, 3.05) is 11.9 Å². The fraction of sp³-hybridized carbons (Fsp3) is 0.333. The molecule has 1 saturated heterocycles. The van der Waals surface area contributed by atoms with Crippen LogP contribution in [-0.2, 0) is 22.3 Å². The van der Waals surface area contributed by atoms with Crippen molar-refractivity contribution in [1.29, 1.82) is 0 Å². The number of halogens is 3. The lowest BCUT2D eigenvalue weighted by Crippen LogP contribution is -2.35. The number of carbonyl (C=O) groups is 1. The molecule has 138 valence electrons. The zero-order valence-corrected chi connectivity index (χ0v) is 13.8. The molecule has 0 aliphatic carbocycles. The second kappa shape index (κ2) is 7.84. The van der Waals surface area contributed by atoms with E-state index in [1.54, 1.807) is 0 Å². The van der Waals surface area contributed by atoms with Gasteiger partial charge in [-0.3, -0.25) is 4.79 Å². The third kappa shape index (κ3) is 4.80. The van der Waals surface area contributed by atoms with E-state index in [1.165, 1.54) is 0 Å². The molecule has 0 unspecified atom stereocenters. The largest absolute Gasteiger partial charge is 0.417 e. The van der Waals surface area contributed by atoms with Gasteiger partial charge in [0.25, 0.3) is 0 Å². The number of benzene rings is 1. The van der Waals surface area contributed by atoms with Crippen LogP contribution in [0.3, 0.4) is 0 Å². The standard InChI is InChI=1S/C18H18F3N3O2/c19-18(20,21)13-6-7-16(23-9-13)24-17(25)15-8-14(10-22-15)26-11-12-4-2-1-3-5-12/h1-7,9,14-15,22H,8,10-11H2,(H,23,24,25)/t14-,15+/m1/s1. The molecule has 0 bridgehead atoms. The molecule has 1 fully saturated rings. The Balaban J connectivity index is 1.48. The van der Waals surface area contributed by atoms with Crippen LogP contribution in [-0.4, -0.2) is 29.6 Å². The van der Waals surface area contributed by atoms with Crippen molar-refractivity contribution >= 4 is 11.7 Å². The number of anilines is 1. The first-order valence-electron chi connectivity index (χ1n) is 8.15. The van der Waals surface area contributed by atoms with Crippen LogP contribution < -0.4 is 10.6 Å². The predicted octanol–water partition coefficient (Wildman–Crippen LogP) is 2.99. The minimum atomic E-state index is -4.45. The maximum absolute atomic E-state index is 12.5. The number of aromatic nitrogens is 1. The van der Waals surface area contributed by atoms with Crippen molar-refractivity contribution in [2.24, 2.45) is 0 Å². The van der Waals surface area contributed by atoms with Gasteiger partial charge in [0.2, 0.25) is 5.91 Å². The molecule has 26 heavy (non-hydrogen) atoms. The maximum Gasteiger partial charge on any atom is 0.417 e. The molecule has 8 heteroatoms. The number of carbonyl (C=O) groups excluding carboxylic acids is 1. The van der Waals surface area contributed by atoms with Gasteiger partial charge in [0.05, 0.1) is 24.3 Å². The molecule has 0 spiro atoms. The summed E-state index contributed by atoms with van der Waals surface area (Å²) in [4.78, 5) is 15.9. The van der Waals surface area contributed by atoms with E-state index in [1.807, 2.05) is 30.3 Å². The minimum Gasteiger partial charge on any atom is -0.372 e. The summed E-state index contributed by atoms with van der Waals surface area (Å²) in [7, 11) is 0. The number of hydrogen-bond donors (Lipinski definition) is 2. The first kappa shape index (κ1) is 18.3. The molecule has 5 nitrogen and oxygen atoms in total. The van der Waals surface area contributed by atoms with Gasteiger partial charge in [-0.2, -0.15) is 13.2 Å². The minimum absolute atomic E-state index is 0.0819. The molecule has 1 amide bonds. The number of nitrogens with zero attached hydrogens (tertiary/aromatic N) is 1. The van der Waals surface area contributed by atoms with Crippen molar-refractivity contribution in [3.63, 3.8) is 0 Å². The van der Waals surface area contributed by atoms with Gasteiger partial charge in [-0.05, 0) is 24.1 Å². The molecule has 2 aromatic rings. The van der Waals surface area contributed by atoms with Crippen molar-refractivity contribution in [3.8, 4) is 0 Å². The number of hydrogen-bond acceptors (Lipinski definition) is 4. The first-order chi connectivity index (χ1) is 12.4. The maximum atomic E-state index is 12.5. The Morgan fingerprint density at radius 1 is 1.23 bits per heavy atom. The molecule has 2 N–H and O–H groups in total. The summed E-state index contributed by atoms with van der Waals surface area (Å²) in [6, 6.07) is 11.3.